The van der Waals surface area contributed by atoms with Gasteiger partial charge in [-0.2, -0.15) is 0 Å². The number of nitrogens with zero attached hydrogens (tertiary/aromatic N) is 1. The maximum absolute atomic E-state index is 12.0. The zero-order valence-corrected chi connectivity index (χ0v) is 12.7. The molecule has 0 aliphatic heterocycles. The summed E-state index contributed by atoms with van der Waals surface area (Å²) in [5.74, 6) is 0.265. The van der Waals surface area contributed by atoms with E-state index in [2.05, 4.69) is 10.3 Å². The molecular weight excluding hydrogens is 302 g/mol. The monoisotopic (exact) mass is 315 g/mol. The normalized spacial score (nSPS) is 10.7. The van der Waals surface area contributed by atoms with Gasteiger partial charge in [-0.05, 0) is 30.3 Å². The molecule has 0 unspecified atom stereocenters. The summed E-state index contributed by atoms with van der Waals surface area (Å²) in [6, 6.07) is 15.3. The average Bonchev–Trinajstić information content (AvgIpc) is 2.87. The van der Waals surface area contributed by atoms with Gasteiger partial charge in [0, 0.05) is 10.6 Å². The zero-order chi connectivity index (χ0) is 14.7. The van der Waals surface area contributed by atoms with E-state index < -0.39 is 0 Å². The fourth-order valence-corrected chi connectivity index (χ4v) is 3.48. The highest BCUT2D eigenvalue weighted by Crippen LogP contribution is 2.26. The van der Waals surface area contributed by atoms with Crippen LogP contribution in [0, 0.1) is 0 Å². The molecule has 1 aromatic heterocycles. The number of benzene rings is 2. The number of carbonyl (C=O) groups excluding carboxylic acids is 1. The van der Waals surface area contributed by atoms with E-state index in [1.807, 2.05) is 48.5 Å². The SMILES string of the molecule is Nc1cccc(SCC(=O)Nc2nc3ccccc3s2)c1. The van der Waals surface area contributed by atoms with E-state index in [9.17, 15) is 4.79 Å². The molecule has 0 atom stereocenters. The van der Waals surface area contributed by atoms with E-state index in [1.165, 1.54) is 23.1 Å². The largest absolute Gasteiger partial charge is 0.399 e. The van der Waals surface area contributed by atoms with Gasteiger partial charge in [0.25, 0.3) is 0 Å². The Morgan fingerprint density at radius 1 is 1.24 bits per heavy atom. The predicted molar refractivity (Wildman–Crippen MR) is 89.8 cm³/mol. The summed E-state index contributed by atoms with van der Waals surface area (Å²) in [5.41, 5.74) is 7.31. The van der Waals surface area contributed by atoms with Gasteiger partial charge in [-0.3, -0.25) is 4.79 Å². The van der Waals surface area contributed by atoms with Crippen molar-refractivity contribution >= 4 is 50.0 Å². The van der Waals surface area contributed by atoms with Gasteiger partial charge in [-0.25, -0.2) is 4.98 Å². The predicted octanol–water partition coefficient (Wildman–Crippen LogP) is 3.61. The molecular formula is C15H13N3OS2. The maximum atomic E-state index is 12.0. The Balaban J connectivity index is 1.61. The van der Waals surface area contributed by atoms with Gasteiger partial charge < -0.3 is 11.1 Å². The first-order valence-corrected chi connectivity index (χ1v) is 8.15. The van der Waals surface area contributed by atoms with E-state index in [4.69, 9.17) is 5.73 Å². The second-order valence-electron chi connectivity index (χ2n) is 4.40. The third kappa shape index (κ3) is 3.53. The lowest BCUT2D eigenvalue weighted by Crippen LogP contribution is -2.13. The maximum Gasteiger partial charge on any atom is 0.236 e. The van der Waals surface area contributed by atoms with E-state index in [0.717, 1.165) is 15.1 Å². The van der Waals surface area contributed by atoms with Gasteiger partial charge in [0.05, 0.1) is 16.0 Å². The Hall–Kier alpha value is -2.05. The molecule has 21 heavy (non-hydrogen) atoms. The number of para-hydroxylation sites is 1. The lowest BCUT2D eigenvalue weighted by Gasteiger charge is -2.02. The molecule has 6 heteroatoms. The van der Waals surface area contributed by atoms with Crippen molar-refractivity contribution in [3.63, 3.8) is 0 Å². The van der Waals surface area contributed by atoms with Crippen LogP contribution in [0.2, 0.25) is 0 Å². The minimum absolute atomic E-state index is 0.0681. The Bertz CT molecular complexity index is 752. The van der Waals surface area contributed by atoms with Crippen molar-refractivity contribution in [2.24, 2.45) is 0 Å². The van der Waals surface area contributed by atoms with Crippen LogP contribution in [0.25, 0.3) is 10.2 Å². The van der Waals surface area contributed by atoms with Gasteiger partial charge in [0.1, 0.15) is 0 Å². The van der Waals surface area contributed by atoms with Gasteiger partial charge in [0.2, 0.25) is 5.91 Å². The van der Waals surface area contributed by atoms with Crippen molar-refractivity contribution in [3.8, 4) is 0 Å². The number of amides is 1. The first-order valence-electron chi connectivity index (χ1n) is 6.34. The summed E-state index contributed by atoms with van der Waals surface area (Å²) < 4.78 is 1.07. The zero-order valence-electron chi connectivity index (χ0n) is 11.1. The molecule has 3 aromatic rings. The number of thiazole rings is 1. The van der Waals surface area contributed by atoms with Gasteiger partial charge in [-0.1, -0.05) is 29.5 Å². The standard InChI is InChI=1S/C15H13N3OS2/c16-10-4-3-5-11(8-10)20-9-14(19)18-15-17-12-6-1-2-7-13(12)21-15/h1-8H,9,16H2,(H,17,18,19). The van der Waals surface area contributed by atoms with Crippen molar-refractivity contribution < 1.29 is 4.79 Å². The van der Waals surface area contributed by atoms with E-state index >= 15 is 0 Å². The molecule has 3 rings (SSSR count). The summed E-state index contributed by atoms with van der Waals surface area (Å²) >= 11 is 2.93. The lowest BCUT2D eigenvalue weighted by atomic mass is 10.3. The smallest absolute Gasteiger partial charge is 0.236 e. The number of hydrogen-bond donors (Lipinski definition) is 2. The highest BCUT2D eigenvalue weighted by molar-refractivity contribution is 8.00. The van der Waals surface area contributed by atoms with E-state index in [-0.39, 0.29) is 5.91 Å². The van der Waals surface area contributed by atoms with Crippen LogP contribution in [0.5, 0.6) is 0 Å². The molecule has 1 heterocycles. The summed E-state index contributed by atoms with van der Waals surface area (Å²) in [7, 11) is 0. The van der Waals surface area contributed by atoms with Crippen LogP contribution in [0.1, 0.15) is 0 Å². The van der Waals surface area contributed by atoms with Gasteiger partial charge in [0.15, 0.2) is 5.13 Å². The van der Waals surface area contributed by atoms with E-state index in [0.29, 0.717) is 16.6 Å². The molecule has 0 spiro atoms. The summed E-state index contributed by atoms with van der Waals surface area (Å²) in [6.45, 7) is 0. The number of nitrogen functional groups attached to an aromatic ring is 1. The molecule has 0 fully saturated rings. The third-order valence-corrected chi connectivity index (χ3v) is 4.71. The number of thioether (sulfide) groups is 1. The quantitative estimate of drug-likeness (QED) is 0.570. The van der Waals surface area contributed by atoms with Crippen molar-refractivity contribution in [3.05, 3.63) is 48.5 Å². The molecule has 1 amide bonds. The Kier molecular flexibility index (Phi) is 4.08. The van der Waals surface area contributed by atoms with Crippen LogP contribution < -0.4 is 11.1 Å². The number of aromatic nitrogens is 1. The van der Waals surface area contributed by atoms with E-state index in [1.54, 1.807) is 0 Å². The molecule has 2 aromatic carbocycles. The van der Waals surface area contributed by atoms with Gasteiger partial charge in [-0.15, -0.1) is 11.8 Å². The third-order valence-electron chi connectivity index (χ3n) is 2.77. The molecule has 0 saturated heterocycles. The van der Waals surface area contributed by atoms with Crippen LogP contribution in [0.15, 0.2) is 53.4 Å². The number of fused-ring (bicyclic) bond motifs is 1. The molecule has 3 N–H and O–H groups in total. The summed E-state index contributed by atoms with van der Waals surface area (Å²) in [4.78, 5) is 17.3. The average molecular weight is 315 g/mol. The minimum Gasteiger partial charge on any atom is -0.399 e. The number of carbonyl (C=O) groups is 1. The molecule has 0 aliphatic rings. The minimum atomic E-state index is -0.0681. The molecule has 0 saturated carbocycles. The van der Waals surface area contributed by atoms with Crippen LogP contribution in [-0.4, -0.2) is 16.6 Å². The topological polar surface area (TPSA) is 68.0 Å². The lowest BCUT2D eigenvalue weighted by molar-refractivity contribution is -0.113. The fraction of sp³-hybridized carbons (Fsp3) is 0.0667. The van der Waals surface area contributed by atoms with Crippen LogP contribution in [-0.2, 0) is 4.79 Å². The number of nitrogens with two attached hydrogens (primary N) is 1. The molecule has 106 valence electrons. The number of rotatable bonds is 4. The number of hydrogen-bond acceptors (Lipinski definition) is 5. The Labute approximate surface area is 130 Å². The first kappa shape index (κ1) is 13.9. The highest BCUT2D eigenvalue weighted by atomic mass is 32.2. The van der Waals surface area contributed by atoms with Crippen molar-refractivity contribution in [1.82, 2.24) is 4.98 Å². The molecule has 4 nitrogen and oxygen atoms in total. The summed E-state index contributed by atoms with van der Waals surface area (Å²) in [6.07, 6.45) is 0. The van der Waals surface area contributed by atoms with Crippen molar-refractivity contribution in [2.75, 3.05) is 16.8 Å². The fourth-order valence-electron chi connectivity index (χ4n) is 1.83. The molecule has 0 radical (unpaired) electrons. The molecule has 0 aliphatic carbocycles. The second kappa shape index (κ2) is 6.15. The van der Waals surface area contributed by atoms with Crippen LogP contribution in [0.3, 0.4) is 0 Å². The molecule has 0 bridgehead atoms. The number of nitrogens with one attached hydrogen (secondary N) is 1. The van der Waals surface area contributed by atoms with Crippen molar-refractivity contribution in [2.45, 2.75) is 4.90 Å². The van der Waals surface area contributed by atoms with Crippen molar-refractivity contribution in [1.29, 1.82) is 0 Å². The Morgan fingerprint density at radius 3 is 2.90 bits per heavy atom. The second-order valence-corrected chi connectivity index (χ2v) is 6.48. The van der Waals surface area contributed by atoms with Gasteiger partial charge >= 0.3 is 0 Å². The van der Waals surface area contributed by atoms with Crippen LogP contribution in [0.4, 0.5) is 10.8 Å². The Morgan fingerprint density at radius 2 is 2.10 bits per heavy atom. The summed E-state index contributed by atoms with van der Waals surface area (Å²) in [5, 5.41) is 3.47. The number of anilines is 2. The highest BCUT2D eigenvalue weighted by Gasteiger charge is 2.08. The first-order chi connectivity index (χ1) is 10.2. The van der Waals surface area contributed by atoms with Crippen LogP contribution >= 0.6 is 23.1 Å².